The van der Waals surface area contributed by atoms with Gasteiger partial charge in [0.1, 0.15) is 10.6 Å². The molecule has 5 nitrogen and oxygen atoms in total. The van der Waals surface area contributed by atoms with Gasteiger partial charge in [-0.15, -0.1) is 0 Å². The molecule has 1 saturated heterocycles. The molecular weight excluding hydrogens is 456 g/mol. The van der Waals surface area contributed by atoms with E-state index >= 15 is 0 Å². The Morgan fingerprint density at radius 2 is 1.46 bits per heavy atom. The molecule has 6 heteroatoms. The molecule has 2 aliphatic rings. The number of piperidine rings is 1. The van der Waals surface area contributed by atoms with Gasteiger partial charge in [0.15, 0.2) is 0 Å². The fraction of sp³-hybridized carbons (Fsp3) is 0.379. The third-order valence-corrected chi connectivity index (χ3v) is 9.37. The van der Waals surface area contributed by atoms with Crippen LogP contribution in [0.1, 0.15) is 35.4 Å². The number of nitrogens with zero attached hydrogens (tertiary/aromatic N) is 2. The fourth-order valence-electron chi connectivity index (χ4n) is 5.37. The Hall–Kier alpha value is -2.83. The summed E-state index contributed by atoms with van der Waals surface area (Å²) < 4.78 is 32.8. The molecule has 1 fully saturated rings. The van der Waals surface area contributed by atoms with Gasteiger partial charge in [-0.1, -0.05) is 30.3 Å². The van der Waals surface area contributed by atoms with E-state index in [1.807, 2.05) is 24.3 Å². The number of sulfone groups is 1. The van der Waals surface area contributed by atoms with E-state index in [9.17, 15) is 8.42 Å². The van der Waals surface area contributed by atoms with Crippen LogP contribution in [0.15, 0.2) is 76.5 Å². The Kier molecular flexibility index (Phi) is 6.85. The van der Waals surface area contributed by atoms with Crippen molar-refractivity contribution in [3.05, 3.63) is 83.4 Å². The van der Waals surface area contributed by atoms with Crippen LogP contribution in [0, 0.1) is 0 Å². The molecule has 0 atom stereocenters. The summed E-state index contributed by atoms with van der Waals surface area (Å²) in [6.45, 7) is 3.83. The van der Waals surface area contributed by atoms with Gasteiger partial charge in [0.25, 0.3) is 0 Å². The van der Waals surface area contributed by atoms with Crippen molar-refractivity contribution in [1.82, 2.24) is 4.90 Å². The average molecular weight is 491 g/mol. The van der Waals surface area contributed by atoms with E-state index in [0.29, 0.717) is 16.6 Å². The number of hydrogen-bond donors (Lipinski definition) is 0. The van der Waals surface area contributed by atoms with E-state index in [-0.39, 0.29) is 4.90 Å². The van der Waals surface area contributed by atoms with Crippen LogP contribution >= 0.6 is 0 Å². The van der Waals surface area contributed by atoms with Gasteiger partial charge in [-0.25, -0.2) is 8.42 Å². The minimum atomic E-state index is -3.69. The van der Waals surface area contributed by atoms with Crippen molar-refractivity contribution in [3.63, 3.8) is 0 Å². The lowest BCUT2D eigenvalue weighted by Crippen LogP contribution is -2.32. The summed E-state index contributed by atoms with van der Waals surface area (Å²) in [5.74, 6) is 1.02. The molecule has 35 heavy (non-hydrogen) atoms. The number of rotatable bonds is 5. The van der Waals surface area contributed by atoms with E-state index in [1.54, 1.807) is 19.2 Å². The van der Waals surface area contributed by atoms with Crippen LogP contribution in [0.5, 0.6) is 5.75 Å². The van der Waals surface area contributed by atoms with Crippen molar-refractivity contribution in [2.45, 2.75) is 41.4 Å². The molecule has 0 amide bonds. The number of fused-ring (bicyclic) bond motifs is 1. The van der Waals surface area contributed by atoms with E-state index in [4.69, 9.17) is 4.74 Å². The summed E-state index contributed by atoms with van der Waals surface area (Å²) in [5.41, 5.74) is 4.77. The summed E-state index contributed by atoms with van der Waals surface area (Å²) in [6.07, 6.45) is 3.95. The minimum Gasteiger partial charge on any atom is -0.495 e. The van der Waals surface area contributed by atoms with Crippen molar-refractivity contribution in [1.29, 1.82) is 0 Å². The molecule has 0 unspecified atom stereocenters. The Bertz CT molecular complexity index is 1270. The Balaban J connectivity index is 1.35. The lowest BCUT2D eigenvalue weighted by atomic mass is 9.89. The van der Waals surface area contributed by atoms with Crippen LogP contribution in [-0.4, -0.2) is 53.7 Å². The standard InChI is InChI=1S/C29H34N2O3S/c1-30-16-12-24-20-28(34-2)29(21-25(24)13-17-30)35(32,33)27-10-8-26(9-11-27)31-18-14-23(15-19-31)22-6-4-3-5-7-22/h3-11,20-21,23H,12-19H2,1-2H3. The quantitative estimate of drug-likeness (QED) is 0.507. The van der Waals surface area contributed by atoms with E-state index in [2.05, 4.69) is 47.2 Å². The Labute approximate surface area is 209 Å². The van der Waals surface area contributed by atoms with Gasteiger partial charge in [-0.2, -0.15) is 0 Å². The van der Waals surface area contributed by atoms with Gasteiger partial charge in [-0.05, 0) is 91.7 Å². The highest BCUT2D eigenvalue weighted by molar-refractivity contribution is 7.91. The number of ether oxygens (including phenoxy) is 1. The predicted octanol–water partition coefficient (Wildman–Crippen LogP) is 4.94. The predicted molar refractivity (Wildman–Crippen MR) is 140 cm³/mol. The third kappa shape index (κ3) is 4.95. The summed E-state index contributed by atoms with van der Waals surface area (Å²) in [5, 5.41) is 0. The van der Waals surface area contributed by atoms with E-state index in [1.165, 1.54) is 11.1 Å². The van der Waals surface area contributed by atoms with Crippen LogP contribution in [0.4, 0.5) is 5.69 Å². The molecule has 2 aliphatic heterocycles. The normalized spacial score (nSPS) is 17.6. The van der Waals surface area contributed by atoms with E-state index < -0.39 is 9.84 Å². The lowest BCUT2D eigenvalue weighted by molar-refractivity contribution is 0.352. The molecule has 5 rings (SSSR count). The second-order valence-corrected chi connectivity index (χ2v) is 11.7. The molecule has 3 aromatic rings. The number of anilines is 1. The maximum atomic E-state index is 13.6. The molecular formula is C29H34N2O3S. The summed E-state index contributed by atoms with van der Waals surface area (Å²) in [7, 11) is -0.0390. The zero-order valence-electron chi connectivity index (χ0n) is 20.6. The van der Waals surface area contributed by atoms with E-state index in [0.717, 1.165) is 63.1 Å². The van der Waals surface area contributed by atoms with Gasteiger partial charge in [-0.3, -0.25) is 0 Å². The summed E-state index contributed by atoms with van der Waals surface area (Å²) in [6, 6.07) is 21.9. The first-order chi connectivity index (χ1) is 17.0. The monoisotopic (exact) mass is 490 g/mol. The second kappa shape index (κ2) is 10.0. The molecule has 0 aromatic heterocycles. The van der Waals surface area contributed by atoms with Gasteiger partial charge in [0.2, 0.25) is 9.84 Å². The molecule has 0 N–H and O–H groups in total. The number of likely N-dealkylation sites (N-methyl/N-ethyl adjacent to an activating group) is 1. The minimum absolute atomic E-state index is 0.264. The SMILES string of the molecule is COc1cc2c(cc1S(=O)(=O)c1ccc(N3CCC(c4ccccc4)CC3)cc1)CCN(C)CC2. The number of hydrogen-bond acceptors (Lipinski definition) is 5. The summed E-state index contributed by atoms with van der Waals surface area (Å²) >= 11 is 0. The van der Waals surface area contributed by atoms with Crippen LogP contribution < -0.4 is 9.64 Å². The number of benzene rings is 3. The average Bonchev–Trinajstić information content (AvgIpc) is 3.09. The van der Waals surface area contributed by atoms with Crippen molar-refractivity contribution in [3.8, 4) is 5.75 Å². The Morgan fingerprint density at radius 1 is 0.829 bits per heavy atom. The van der Waals surface area contributed by atoms with Gasteiger partial charge >= 0.3 is 0 Å². The van der Waals surface area contributed by atoms with Crippen molar-refractivity contribution in [2.24, 2.45) is 0 Å². The van der Waals surface area contributed by atoms with Crippen molar-refractivity contribution >= 4 is 15.5 Å². The van der Waals surface area contributed by atoms with Crippen molar-refractivity contribution in [2.75, 3.05) is 45.2 Å². The van der Waals surface area contributed by atoms with Gasteiger partial charge in [0.05, 0.1) is 12.0 Å². The molecule has 0 spiro atoms. The molecule has 0 aliphatic carbocycles. The first kappa shape index (κ1) is 23.9. The molecule has 3 aromatic carbocycles. The van der Waals surface area contributed by atoms with Crippen LogP contribution in [0.3, 0.4) is 0 Å². The largest absolute Gasteiger partial charge is 0.495 e. The van der Waals surface area contributed by atoms with Gasteiger partial charge < -0.3 is 14.5 Å². The molecule has 2 heterocycles. The van der Waals surface area contributed by atoms with Crippen LogP contribution in [0.2, 0.25) is 0 Å². The van der Waals surface area contributed by atoms with Crippen LogP contribution in [-0.2, 0) is 22.7 Å². The lowest BCUT2D eigenvalue weighted by Gasteiger charge is -2.34. The molecule has 184 valence electrons. The van der Waals surface area contributed by atoms with Crippen molar-refractivity contribution < 1.29 is 13.2 Å². The highest BCUT2D eigenvalue weighted by Gasteiger charge is 2.26. The fourth-order valence-corrected chi connectivity index (χ4v) is 6.83. The second-order valence-electron chi connectivity index (χ2n) is 9.74. The first-order valence-electron chi connectivity index (χ1n) is 12.5. The van der Waals surface area contributed by atoms with Crippen LogP contribution in [0.25, 0.3) is 0 Å². The maximum absolute atomic E-state index is 13.6. The molecule has 0 radical (unpaired) electrons. The number of methoxy groups -OCH3 is 1. The zero-order chi connectivity index (χ0) is 24.4. The third-order valence-electron chi connectivity index (χ3n) is 7.58. The highest BCUT2D eigenvalue weighted by Crippen LogP contribution is 2.35. The first-order valence-corrected chi connectivity index (χ1v) is 14.0. The Morgan fingerprint density at radius 3 is 2.09 bits per heavy atom. The maximum Gasteiger partial charge on any atom is 0.210 e. The molecule has 0 bridgehead atoms. The topological polar surface area (TPSA) is 49.9 Å². The molecule has 0 saturated carbocycles. The van der Waals surface area contributed by atoms with Gasteiger partial charge in [0, 0.05) is 31.9 Å². The smallest absolute Gasteiger partial charge is 0.210 e. The zero-order valence-corrected chi connectivity index (χ0v) is 21.4. The summed E-state index contributed by atoms with van der Waals surface area (Å²) in [4.78, 5) is 5.21. The highest BCUT2D eigenvalue weighted by atomic mass is 32.2.